The minimum absolute atomic E-state index is 0. The summed E-state index contributed by atoms with van der Waals surface area (Å²) in [5.74, 6) is 0.263. The highest BCUT2D eigenvalue weighted by molar-refractivity contribution is 14.0. The molecule has 2 N–H and O–H groups in total. The standard InChI is InChI=1S/C19H24FN5O4S.HI/c1-21-19(24(2)13-14-5-4-6-15(20)11-14)23-10-9-22-17-8-7-16(30(3,28)29)12-18(17)25(26)27;/h4-8,11-12,22H,9-10,13H2,1-3H3,(H,21,23);1H. The summed E-state index contributed by atoms with van der Waals surface area (Å²) in [5, 5.41) is 17.3. The van der Waals surface area contributed by atoms with Gasteiger partial charge in [-0.25, -0.2) is 12.8 Å². The van der Waals surface area contributed by atoms with Crippen LogP contribution >= 0.6 is 24.0 Å². The monoisotopic (exact) mass is 565 g/mol. The van der Waals surface area contributed by atoms with E-state index >= 15 is 0 Å². The van der Waals surface area contributed by atoms with Gasteiger partial charge in [-0.1, -0.05) is 12.1 Å². The lowest BCUT2D eigenvalue weighted by atomic mass is 10.2. The predicted octanol–water partition coefficient (Wildman–Crippen LogP) is 2.87. The number of nitro benzene ring substituents is 1. The summed E-state index contributed by atoms with van der Waals surface area (Å²) in [6, 6.07) is 10.0. The summed E-state index contributed by atoms with van der Waals surface area (Å²) in [5.41, 5.74) is 0.697. The van der Waals surface area contributed by atoms with Gasteiger partial charge in [-0.2, -0.15) is 0 Å². The Morgan fingerprint density at radius 2 is 1.94 bits per heavy atom. The molecule has 0 aliphatic carbocycles. The number of nitro groups is 1. The maximum atomic E-state index is 13.3. The molecule has 0 amide bonds. The normalized spacial score (nSPS) is 11.4. The Balaban J connectivity index is 0.00000480. The minimum atomic E-state index is -3.54. The molecule has 0 aromatic heterocycles. The lowest BCUT2D eigenvalue weighted by Gasteiger charge is -2.22. The van der Waals surface area contributed by atoms with Gasteiger partial charge in [0.1, 0.15) is 11.5 Å². The van der Waals surface area contributed by atoms with Gasteiger partial charge in [0.15, 0.2) is 15.8 Å². The molecule has 2 aromatic carbocycles. The van der Waals surface area contributed by atoms with Crippen LogP contribution in [0.3, 0.4) is 0 Å². The van der Waals surface area contributed by atoms with Gasteiger partial charge in [-0.3, -0.25) is 15.1 Å². The second kappa shape index (κ2) is 11.8. The van der Waals surface area contributed by atoms with Crippen LogP contribution in [0.4, 0.5) is 15.8 Å². The summed E-state index contributed by atoms with van der Waals surface area (Å²) >= 11 is 0. The quantitative estimate of drug-likeness (QED) is 0.126. The fourth-order valence-corrected chi connectivity index (χ4v) is 3.42. The third-order valence-corrected chi connectivity index (χ3v) is 5.31. The zero-order valence-corrected chi connectivity index (χ0v) is 20.5. The molecule has 0 saturated heterocycles. The van der Waals surface area contributed by atoms with Gasteiger partial charge in [0.2, 0.25) is 0 Å². The van der Waals surface area contributed by atoms with Crippen LogP contribution in [0.5, 0.6) is 0 Å². The second-order valence-corrected chi connectivity index (χ2v) is 8.61. The largest absolute Gasteiger partial charge is 0.378 e. The van der Waals surface area contributed by atoms with Crippen LogP contribution in [-0.4, -0.2) is 57.6 Å². The number of hydrogen-bond acceptors (Lipinski definition) is 6. The summed E-state index contributed by atoms with van der Waals surface area (Å²) in [7, 11) is -0.117. The molecule has 0 unspecified atom stereocenters. The lowest BCUT2D eigenvalue weighted by Crippen LogP contribution is -2.40. The average Bonchev–Trinajstić information content (AvgIpc) is 2.67. The maximum absolute atomic E-state index is 13.3. The molecule has 170 valence electrons. The first-order chi connectivity index (χ1) is 14.1. The predicted molar refractivity (Wildman–Crippen MR) is 129 cm³/mol. The molecule has 0 bridgehead atoms. The number of sulfone groups is 1. The van der Waals surface area contributed by atoms with Crippen LogP contribution in [0.25, 0.3) is 0 Å². The number of rotatable bonds is 8. The van der Waals surface area contributed by atoms with Gasteiger partial charge in [-0.15, -0.1) is 24.0 Å². The van der Waals surface area contributed by atoms with Gasteiger partial charge in [0.05, 0.1) is 9.82 Å². The maximum Gasteiger partial charge on any atom is 0.293 e. The van der Waals surface area contributed by atoms with Crippen molar-refractivity contribution >= 4 is 51.1 Å². The number of guanidine groups is 1. The number of anilines is 1. The van der Waals surface area contributed by atoms with E-state index in [1.165, 1.54) is 24.3 Å². The molecule has 2 aromatic rings. The van der Waals surface area contributed by atoms with Crippen molar-refractivity contribution in [3.8, 4) is 0 Å². The Morgan fingerprint density at radius 1 is 1.23 bits per heavy atom. The molecule has 0 aliphatic rings. The molecule has 0 atom stereocenters. The molecule has 0 heterocycles. The minimum Gasteiger partial charge on any atom is -0.378 e. The highest BCUT2D eigenvalue weighted by Gasteiger charge is 2.18. The van der Waals surface area contributed by atoms with Crippen LogP contribution < -0.4 is 10.6 Å². The van der Waals surface area contributed by atoms with E-state index in [0.717, 1.165) is 17.9 Å². The highest BCUT2D eigenvalue weighted by atomic mass is 127. The lowest BCUT2D eigenvalue weighted by molar-refractivity contribution is -0.384. The molecule has 0 aliphatic heterocycles. The van der Waals surface area contributed by atoms with E-state index < -0.39 is 14.8 Å². The SMILES string of the molecule is CN=C(NCCNc1ccc(S(C)(=O)=O)cc1[N+](=O)[O-])N(C)Cc1cccc(F)c1.I. The molecule has 12 heteroatoms. The molecular formula is C19H25FIN5O4S. The van der Waals surface area contributed by atoms with Crippen molar-refractivity contribution in [3.63, 3.8) is 0 Å². The first-order valence-electron chi connectivity index (χ1n) is 9.00. The highest BCUT2D eigenvalue weighted by Crippen LogP contribution is 2.27. The van der Waals surface area contributed by atoms with Crippen molar-refractivity contribution in [2.45, 2.75) is 11.4 Å². The zero-order chi connectivity index (χ0) is 22.3. The van der Waals surface area contributed by atoms with E-state index in [4.69, 9.17) is 0 Å². The van der Waals surface area contributed by atoms with Crippen LogP contribution in [0.1, 0.15) is 5.56 Å². The average molecular weight is 565 g/mol. The van der Waals surface area contributed by atoms with E-state index in [0.29, 0.717) is 25.6 Å². The van der Waals surface area contributed by atoms with Crippen molar-refractivity contribution < 1.29 is 17.7 Å². The smallest absolute Gasteiger partial charge is 0.293 e. The van der Waals surface area contributed by atoms with E-state index in [-0.39, 0.29) is 46.1 Å². The number of nitrogens with zero attached hydrogens (tertiary/aromatic N) is 3. The third kappa shape index (κ3) is 7.94. The van der Waals surface area contributed by atoms with Crippen molar-refractivity contribution in [2.24, 2.45) is 4.99 Å². The Labute approximate surface area is 197 Å². The molecule has 0 spiro atoms. The number of hydrogen-bond donors (Lipinski definition) is 2. The number of nitrogens with one attached hydrogen (secondary N) is 2. The van der Waals surface area contributed by atoms with E-state index in [1.54, 1.807) is 13.1 Å². The van der Waals surface area contributed by atoms with Gasteiger partial charge >= 0.3 is 0 Å². The summed E-state index contributed by atoms with van der Waals surface area (Å²) < 4.78 is 36.6. The number of halogens is 2. The van der Waals surface area contributed by atoms with Crippen molar-refractivity contribution in [1.82, 2.24) is 10.2 Å². The van der Waals surface area contributed by atoms with Crippen molar-refractivity contribution in [1.29, 1.82) is 0 Å². The summed E-state index contributed by atoms with van der Waals surface area (Å²) in [6.07, 6.45) is 0.995. The van der Waals surface area contributed by atoms with Gasteiger partial charge in [-0.05, 0) is 29.8 Å². The summed E-state index contributed by atoms with van der Waals surface area (Å²) in [6.45, 7) is 1.17. The Bertz CT molecular complexity index is 1050. The van der Waals surface area contributed by atoms with Gasteiger partial charge in [0, 0.05) is 46.1 Å². The Kier molecular flexibility index (Phi) is 10.1. The first kappa shape index (κ1) is 26.6. The van der Waals surface area contributed by atoms with Crippen LogP contribution in [0.15, 0.2) is 52.4 Å². The second-order valence-electron chi connectivity index (χ2n) is 6.59. The zero-order valence-electron chi connectivity index (χ0n) is 17.3. The van der Waals surface area contributed by atoms with Gasteiger partial charge < -0.3 is 15.5 Å². The van der Waals surface area contributed by atoms with Gasteiger partial charge in [0.25, 0.3) is 5.69 Å². The van der Waals surface area contributed by atoms with Crippen molar-refractivity contribution in [3.05, 3.63) is 64.0 Å². The fourth-order valence-electron chi connectivity index (χ4n) is 2.78. The third-order valence-electron chi connectivity index (χ3n) is 4.20. The number of aliphatic imine (C=N–C) groups is 1. The molecular weight excluding hydrogens is 540 g/mol. The Morgan fingerprint density at radius 3 is 2.52 bits per heavy atom. The van der Waals surface area contributed by atoms with Crippen molar-refractivity contribution in [2.75, 3.05) is 38.8 Å². The topological polar surface area (TPSA) is 117 Å². The van der Waals surface area contributed by atoms with E-state index in [1.807, 2.05) is 18.0 Å². The molecule has 9 nitrogen and oxygen atoms in total. The first-order valence-corrected chi connectivity index (χ1v) is 10.9. The molecule has 0 saturated carbocycles. The van der Waals surface area contributed by atoms with Crippen LogP contribution in [-0.2, 0) is 16.4 Å². The van der Waals surface area contributed by atoms with E-state index in [9.17, 15) is 22.9 Å². The van der Waals surface area contributed by atoms with E-state index in [2.05, 4.69) is 15.6 Å². The Hall–Kier alpha value is -2.48. The molecule has 0 radical (unpaired) electrons. The summed E-state index contributed by atoms with van der Waals surface area (Å²) in [4.78, 5) is 16.5. The number of benzene rings is 2. The van der Waals surface area contributed by atoms with Crippen LogP contribution in [0.2, 0.25) is 0 Å². The molecule has 0 fully saturated rings. The molecule has 2 rings (SSSR count). The fraction of sp³-hybridized carbons (Fsp3) is 0.316. The van der Waals surface area contributed by atoms with Crippen LogP contribution in [0, 0.1) is 15.9 Å². The molecule has 31 heavy (non-hydrogen) atoms.